The summed E-state index contributed by atoms with van der Waals surface area (Å²) in [6, 6.07) is 3.19. The van der Waals surface area contributed by atoms with Gasteiger partial charge >= 0.3 is 6.18 Å². The zero-order valence-corrected chi connectivity index (χ0v) is 23.0. The zero-order chi connectivity index (χ0) is 30.3. The van der Waals surface area contributed by atoms with Crippen molar-refractivity contribution in [3.63, 3.8) is 0 Å². The molecule has 0 spiro atoms. The van der Waals surface area contributed by atoms with Crippen LogP contribution in [-0.4, -0.2) is 76.2 Å². The summed E-state index contributed by atoms with van der Waals surface area (Å²) in [6.45, 7) is 5.56. The molecule has 0 unspecified atom stereocenters. The molecule has 1 amide bonds. The Hall–Kier alpha value is -4.46. The number of anilines is 3. The largest absolute Gasteiger partial charge is 0.505 e. The van der Waals surface area contributed by atoms with Gasteiger partial charge in [0.2, 0.25) is 11.5 Å². The smallest absolute Gasteiger partial charge is 0.417 e. The van der Waals surface area contributed by atoms with E-state index in [1.807, 2.05) is 25.8 Å². The van der Waals surface area contributed by atoms with Crippen LogP contribution in [0.3, 0.4) is 0 Å². The van der Waals surface area contributed by atoms with Gasteiger partial charge in [-0.3, -0.25) is 14.5 Å². The minimum Gasteiger partial charge on any atom is -0.505 e. The van der Waals surface area contributed by atoms with Crippen molar-refractivity contribution in [2.45, 2.75) is 32.1 Å². The van der Waals surface area contributed by atoms with E-state index >= 15 is 4.39 Å². The minimum absolute atomic E-state index is 0.0764. The SMILES string of the molecule is C[C@@H]1CN(c2cc(F)c(C3=CCN(c4ncc(O)cn4)C3)cc2NC(=O)c2c[nH]c(=O)cc2C(F)(F)F)C[C@H](C)N1C. The van der Waals surface area contributed by atoms with Gasteiger partial charge in [-0.25, -0.2) is 14.4 Å². The molecule has 0 saturated carbocycles. The number of benzene rings is 1. The number of carbonyl (C=O) groups excluding carboxylic acids is 1. The number of nitrogens with one attached hydrogen (secondary N) is 2. The number of halogens is 4. The predicted octanol–water partition coefficient (Wildman–Crippen LogP) is 3.71. The Morgan fingerprint density at radius 2 is 1.76 bits per heavy atom. The second-order valence-corrected chi connectivity index (χ2v) is 10.5. The lowest BCUT2D eigenvalue weighted by Crippen LogP contribution is -2.55. The number of carbonyl (C=O) groups is 1. The lowest BCUT2D eigenvalue weighted by molar-refractivity contribution is -0.138. The number of pyridine rings is 1. The summed E-state index contributed by atoms with van der Waals surface area (Å²) in [5, 5.41) is 12.0. The van der Waals surface area contributed by atoms with Crippen LogP contribution in [0.4, 0.5) is 34.9 Å². The first kappa shape index (κ1) is 29.0. The predicted molar refractivity (Wildman–Crippen MR) is 149 cm³/mol. The first-order chi connectivity index (χ1) is 19.8. The highest BCUT2D eigenvalue weighted by Gasteiger charge is 2.36. The maximum absolute atomic E-state index is 15.8. The van der Waals surface area contributed by atoms with E-state index in [-0.39, 0.29) is 35.6 Å². The lowest BCUT2D eigenvalue weighted by Gasteiger charge is -2.44. The molecule has 222 valence electrons. The van der Waals surface area contributed by atoms with Crippen molar-refractivity contribution in [1.82, 2.24) is 19.9 Å². The van der Waals surface area contributed by atoms with Crippen LogP contribution in [-0.2, 0) is 6.18 Å². The topological polar surface area (TPSA) is 118 Å². The van der Waals surface area contributed by atoms with Gasteiger partial charge in [0.15, 0.2) is 5.75 Å². The lowest BCUT2D eigenvalue weighted by atomic mass is 10.0. The molecule has 2 aliphatic rings. The molecule has 42 heavy (non-hydrogen) atoms. The van der Waals surface area contributed by atoms with E-state index in [0.29, 0.717) is 42.9 Å². The number of likely N-dealkylation sites (N-methyl/N-ethyl adjacent to an activating group) is 1. The van der Waals surface area contributed by atoms with Crippen LogP contribution < -0.4 is 20.7 Å². The van der Waals surface area contributed by atoms with Gasteiger partial charge < -0.3 is 25.2 Å². The third kappa shape index (κ3) is 5.79. The molecule has 2 atom stereocenters. The van der Waals surface area contributed by atoms with E-state index in [0.717, 1.165) is 6.20 Å². The van der Waals surface area contributed by atoms with Gasteiger partial charge in [-0.05, 0) is 38.6 Å². The van der Waals surface area contributed by atoms with Crippen LogP contribution in [0.5, 0.6) is 5.75 Å². The van der Waals surface area contributed by atoms with Gasteiger partial charge in [0.1, 0.15) is 5.82 Å². The molecule has 0 radical (unpaired) electrons. The first-order valence-electron chi connectivity index (χ1n) is 13.2. The maximum Gasteiger partial charge on any atom is 0.417 e. The average molecular weight is 588 g/mol. The number of alkyl halides is 3. The van der Waals surface area contributed by atoms with Gasteiger partial charge in [0.05, 0.1) is 34.9 Å². The highest BCUT2D eigenvalue weighted by Crippen LogP contribution is 2.37. The Kier molecular flexibility index (Phi) is 7.66. The molecule has 10 nitrogen and oxygen atoms in total. The van der Waals surface area contributed by atoms with Crippen molar-refractivity contribution in [3.05, 3.63) is 75.7 Å². The van der Waals surface area contributed by atoms with E-state index in [1.165, 1.54) is 24.5 Å². The number of aromatic hydroxyl groups is 1. The molecule has 3 aromatic rings. The van der Waals surface area contributed by atoms with Crippen molar-refractivity contribution in [1.29, 1.82) is 0 Å². The molecule has 5 rings (SSSR count). The summed E-state index contributed by atoms with van der Waals surface area (Å²) in [4.78, 5) is 41.0. The van der Waals surface area contributed by atoms with Crippen LogP contribution in [0.25, 0.3) is 5.57 Å². The Bertz CT molecular complexity index is 1580. The van der Waals surface area contributed by atoms with Gasteiger partial charge in [0, 0.05) is 56.1 Å². The van der Waals surface area contributed by atoms with Gasteiger partial charge in [-0.15, -0.1) is 0 Å². The Morgan fingerprint density at radius 3 is 2.40 bits per heavy atom. The van der Waals surface area contributed by atoms with Crippen LogP contribution in [0.15, 0.2) is 47.7 Å². The molecular formula is C28H29F4N7O3. The van der Waals surface area contributed by atoms with E-state index in [9.17, 15) is 27.9 Å². The third-order valence-electron chi connectivity index (χ3n) is 7.68. The summed E-state index contributed by atoms with van der Waals surface area (Å²) in [7, 11) is 1.98. The normalized spacial score (nSPS) is 19.6. The molecule has 3 N–H and O–H groups in total. The Balaban J connectivity index is 1.53. The highest BCUT2D eigenvalue weighted by molar-refractivity contribution is 6.07. The minimum atomic E-state index is -4.95. The van der Waals surface area contributed by atoms with Crippen LogP contribution >= 0.6 is 0 Å². The number of aromatic nitrogens is 3. The second kappa shape index (κ2) is 11.1. The summed E-state index contributed by atoms with van der Waals surface area (Å²) >= 11 is 0. The molecular weight excluding hydrogens is 558 g/mol. The summed E-state index contributed by atoms with van der Waals surface area (Å²) < 4.78 is 56.9. The average Bonchev–Trinajstić information content (AvgIpc) is 3.42. The number of aromatic amines is 1. The van der Waals surface area contributed by atoms with Gasteiger partial charge in [-0.1, -0.05) is 6.08 Å². The Morgan fingerprint density at radius 1 is 1.10 bits per heavy atom. The fraction of sp³-hybridized carbons (Fsp3) is 0.357. The monoisotopic (exact) mass is 587 g/mol. The molecule has 14 heteroatoms. The van der Waals surface area contributed by atoms with Gasteiger partial charge in [-0.2, -0.15) is 13.2 Å². The van der Waals surface area contributed by atoms with Crippen LogP contribution in [0.2, 0.25) is 0 Å². The second-order valence-electron chi connectivity index (χ2n) is 10.5. The number of nitrogens with zero attached hydrogens (tertiary/aromatic N) is 5. The Labute approximate surface area is 238 Å². The van der Waals surface area contributed by atoms with Crippen LogP contribution in [0.1, 0.15) is 35.3 Å². The van der Waals surface area contributed by atoms with E-state index < -0.39 is 34.6 Å². The molecule has 1 saturated heterocycles. The maximum atomic E-state index is 15.8. The molecule has 4 heterocycles. The number of hydrogen-bond acceptors (Lipinski definition) is 8. The van der Waals surface area contributed by atoms with Crippen LogP contribution in [0, 0.1) is 5.82 Å². The van der Waals surface area contributed by atoms with Crippen molar-refractivity contribution < 1.29 is 27.5 Å². The van der Waals surface area contributed by atoms with Crippen molar-refractivity contribution in [2.24, 2.45) is 0 Å². The van der Waals surface area contributed by atoms with Crippen molar-refractivity contribution in [3.8, 4) is 5.75 Å². The number of hydrogen-bond donors (Lipinski definition) is 3. The molecule has 2 aliphatic heterocycles. The summed E-state index contributed by atoms with van der Waals surface area (Å²) in [5.41, 5.74) is -1.98. The van der Waals surface area contributed by atoms with E-state index in [1.54, 1.807) is 11.0 Å². The number of rotatable bonds is 5. The molecule has 1 fully saturated rings. The highest BCUT2D eigenvalue weighted by atomic mass is 19.4. The van der Waals surface area contributed by atoms with E-state index in [4.69, 9.17) is 0 Å². The number of piperazine rings is 1. The first-order valence-corrected chi connectivity index (χ1v) is 13.2. The van der Waals surface area contributed by atoms with Crippen molar-refractivity contribution >= 4 is 28.8 Å². The van der Waals surface area contributed by atoms with Gasteiger partial charge in [0.25, 0.3) is 5.91 Å². The zero-order valence-electron chi connectivity index (χ0n) is 23.0. The number of amides is 1. The molecule has 1 aromatic carbocycles. The quantitative estimate of drug-likeness (QED) is 0.387. The van der Waals surface area contributed by atoms with Crippen molar-refractivity contribution in [2.75, 3.05) is 48.3 Å². The number of H-pyrrole nitrogens is 1. The fourth-order valence-electron chi connectivity index (χ4n) is 5.24. The molecule has 2 aromatic heterocycles. The third-order valence-corrected chi connectivity index (χ3v) is 7.68. The fourth-order valence-corrected chi connectivity index (χ4v) is 5.24. The molecule has 0 bridgehead atoms. The summed E-state index contributed by atoms with van der Waals surface area (Å²) in [5.74, 6) is -1.45. The summed E-state index contributed by atoms with van der Waals surface area (Å²) in [6.07, 6.45) is 0.0263. The van der Waals surface area contributed by atoms with E-state index in [2.05, 4.69) is 25.2 Å². The molecule has 0 aliphatic carbocycles. The standard InChI is InChI=1S/C28H29F4N7O3/c1-15-12-39(13-16(2)37(15)3)24-8-22(29)19(17-4-5-38(14-17)27-34-9-18(40)10-35-27)6-23(24)36-26(42)20-11-33-25(41)7-21(20)28(30,31)32/h4,6-11,15-16,40H,5,12-14H2,1-3H3,(H,33,41)(H,36,42)/t15-,16+.